The van der Waals surface area contributed by atoms with Crippen molar-refractivity contribution < 1.29 is 26.8 Å². The Labute approximate surface area is 179 Å². The van der Waals surface area contributed by atoms with Gasteiger partial charge in [-0.1, -0.05) is 30.3 Å². The molecule has 3 rings (SSSR count). The van der Waals surface area contributed by atoms with Crippen LogP contribution in [0.25, 0.3) is 0 Å². The lowest BCUT2D eigenvalue weighted by molar-refractivity contribution is -0.129. The third-order valence-corrected chi connectivity index (χ3v) is 6.16. The molecule has 10 heteroatoms. The van der Waals surface area contributed by atoms with E-state index in [0.29, 0.717) is 18.6 Å². The Bertz CT molecular complexity index is 1040. The Morgan fingerprint density at radius 2 is 1.74 bits per heavy atom. The van der Waals surface area contributed by atoms with Gasteiger partial charge in [0, 0.05) is 25.4 Å². The predicted octanol–water partition coefficient (Wildman–Crippen LogP) is 1.64. The molecule has 7 nitrogen and oxygen atoms in total. The maximum atomic E-state index is 13.3. The molecule has 0 radical (unpaired) electrons. The van der Waals surface area contributed by atoms with Crippen LogP contribution in [-0.4, -0.2) is 38.9 Å². The fraction of sp³-hybridized carbons (Fsp3) is 0.333. The fourth-order valence-electron chi connectivity index (χ4n) is 2.88. The van der Waals surface area contributed by atoms with Gasteiger partial charge in [0.05, 0.1) is 4.90 Å². The van der Waals surface area contributed by atoms with Gasteiger partial charge < -0.3 is 10.6 Å². The first kappa shape index (κ1) is 22.8. The molecule has 0 bridgehead atoms. The van der Waals surface area contributed by atoms with Crippen LogP contribution in [0.2, 0.25) is 0 Å². The number of carbonyl (C=O) groups is 2. The molecule has 1 unspecified atom stereocenters. The van der Waals surface area contributed by atoms with Crippen LogP contribution < -0.4 is 15.4 Å². The van der Waals surface area contributed by atoms with Crippen LogP contribution in [0.1, 0.15) is 24.8 Å². The van der Waals surface area contributed by atoms with E-state index in [4.69, 9.17) is 0 Å². The lowest BCUT2D eigenvalue weighted by Gasteiger charge is -2.19. The molecule has 31 heavy (non-hydrogen) atoms. The molecule has 166 valence electrons. The summed E-state index contributed by atoms with van der Waals surface area (Å²) >= 11 is 0. The van der Waals surface area contributed by atoms with Gasteiger partial charge in [-0.2, -0.15) is 0 Å². The number of benzene rings is 2. The van der Waals surface area contributed by atoms with Gasteiger partial charge in [0.15, 0.2) is 11.6 Å². The maximum Gasteiger partial charge on any atom is 0.243 e. The van der Waals surface area contributed by atoms with Gasteiger partial charge in [-0.25, -0.2) is 21.9 Å². The summed E-state index contributed by atoms with van der Waals surface area (Å²) in [5.41, 5.74) is 0.873. The molecule has 1 fully saturated rings. The van der Waals surface area contributed by atoms with Crippen molar-refractivity contribution in [1.82, 2.24) is 15.4 Å². The molecule has 2 amide bonds. The van der Waals surface area contributed by atoms with Crippen molar-refractivity contribution in [2.45, 2.75) is 42.7 Å². The van der Waals surface area contributed by atoms with Crippen molar-refractivity contribution in [3.05, 3.63) is 65.7 Å². The summed E-state index contributed by atoms with van der Waals surface area (Å²) in [5, 5.41) is 5.51. The van der Waals surface area contributed by atoms with Crippen molar-refractivity contribution in [2.24, 2.45) is 0 Å². The smallest absolute Gasteiger partial charge is 0.243 e. The second kappa shape index (κ2) is 9.97. The average Bonchev–Trinajstić information content (AvgIpc) is 3.54. The second-order valence-electron chi connectivity index (χ2n) is 7.32. The van der Waals surface area contributed by atoms with E-state index in [2.05, 4.69) is 15.4 Å². The molecule has 0 aromatic heterocycles. The fourth-order valence-corrected chi connectivity index (χ4v) is 3.92. The van der Waals surface area contributed by atoms with Crippen LogP contribution >= 0.6 is 0 Å². The van der Waals surface area contributed by atoms with Crippen LogP contribution in [0.15, 0.2) is 53.4 Å². The van der Waals surface area contributed by atoms with Gasteiger partial charge >= 0.3 is 0 Å². The molecule has 0 aliphatic heterocycles. The number of carbonyl (C=O) groups excluding carboxylic acids is 2. The van der Waals surface area contributed by atoms with E-state index in [1.165, 1.54) is 0 Å². The molecule has 1 aliphatic rings. The van der Waals surface area contributed by atoms with Crippen molar-refractivity contribution in [3.63, 3.8) is 0 Å². The SMILES string of the molecule is O=C(CCNS(=O)(=O)c1ccc(F)c(F)c1)NC(Cc1ccccc1)C(=O)NC1CC1. The van der Waals surface area contributed by atoms with E-state index in [0.717, 1.165) is 24.5 Å². The predicted molar refractivity (Wildman–Crippen MR) is 109 cm³/mol. The van der Waals surface area contributed by atoms with E-state index in [1.54, 1.807) is 0 Å². The van der Waals surface area contributed by atoms with E-state index in [1.807, 2.05) is 30.3 Å². The summed E-state index contributed by atoms with van der Waals surface area (Å²) in [5.74, 6) is -3.25. The summed E-state index contributed by atoms with van der Waals surface area (Å²) in [6, 6.07) is 10.8. The minimum Gasteiger partial charge on any atom is -0.352 e. The quantitative estimate of drug-likeness (QED) is 0.511. The molecule has 1 saturated carbocycles. The number of sulfonamides is 1. The van der Waals surface area contributed by atoms with E-state index >= 15 is 0 Å². The topological polar surface area (TPSA) is 104 Å². The van der Waals surface area contributed by atoms with Crippen LogP contribution in [0.5, 0.6) is 0 Å². The Balaban J connectivity index is 1.55. The third kappa shape index (κ3) is 6.83. The zero-order valence-electron chi connectivity index (χ0n) is 16.6. The van der Waals surface area contributed by atoms with Crippen molar-refractivity contribution in [1.29, 1.82) is 0 Å². The Morgan fingerprint density at radius 1 is 1.03 bits per heavy atom. The maximum absolute atomic E-state index is 13.3. The first-order chi connectivity index (χ1) is 14.7. The van der Waals surface area contributed by atoms with E-state index < -0.39 is 38.5 Å². The highest BCUT2D eigenvalue weighted by Crippen LogP contribution is 2.19. The summed E-state index contributed by atoms with van der Waals surface area (Å²) in [6.45, 7) is -0.268. The van der Waals surface area contributed by atoms with Crippen molar-refractivity contribution in [3.8, 4) is 0 Å². The molecule has 0 heterocycles. The number of rotatable bonds is 10. The summed E-state index contributed by atoms with van der Waals surface area (Å²) in [7, 11) is -4.11. The van der Waals surface area contributed by atoms with Crippen LogP contribution in [0.3, 0.4) is 0 Å². The van der Waals surface area contributed by atoms with Gasteiger partial charge in [0.2, 0.25) is 21.8 Å². The van der Waals surface area contributed by atoms with Gasteiger partial charge in [-0.15, -0.1) is 0 Å². The average molecular weight is 451 g/mol. The molecule has 0 saturated heterocycles. The first-order valence-electron chi connectivity index (χ1n) is 9.83. The molecule has 3 N–H and O–H groups in total. The number of amides is 2. The Hall–Kier alpha value is -2.85. The second-order valence-corrected chi connectivity index (χ2v) is 9.08. The van der Waals surface area contributed by atoms with Crippen molar-refractivity contribution in [2.75, 3.05) is 6.54 Å². The number of hydrogen-bond donors (Lipinski definition) is 3. The largest absolute Gasteiger partial charge is 0.352 e. The van der Waals surface area contributed by atoms with Crippen LogP contribution in [0, 0.1) is 11.6 Å². The minimum atomic E-state index is -4.11. The number of halogens is 2. The van der Waals surface area contributed by atoms with Gasteiger partial charge in [0.25, 0.3) is 0 Å². The molecular weight excluding hydrogens is 428 g/mol. The van der Waals surface area contributed by atoms with E-state index in [9.17, 15) is 26.8 Å². The minimum absolute atomic E-state index is 0.130. The molecule has 2 aromatic carbocycles. The number of hydrogen-bond acceptors (Lipinski definition) is 4. The Kier molecular flexibility index (Phi) is 7.34. The lowest BCUT2D eigenvalue weighted by atomic mass is 10.0. The zero-order chi connectivity index (χ0) is 22.4. The zero-order valence-corrected chi connectivity index (χ0v) is 17.4. The molecule has 2 aromatic rings. The van der Waals surface area contributed by atoms with Gasteiger partial charge in [-0.05, 0) is 36.6 Å². The molecular formula is C21H23F2N3O4S. The van der Waals surface area contributed by atoms with Crippen LogP contribution in [0.4, 0.5) is 8.78 Å². The van der Waals surface area contributed by atoms with Crippen molar-refractivity contribution >= 4 is 21.8 Å². The first-order valence-corrected chi connectivity index (χ1v) is 11.3. The van der Waals surface area contributed by atoms with E-state index in [-0.39, 0.29) is 24.9 Å². The highest BCUT2D eigenvalue weighted by molar-refractivity contribution is 7.89. The third-order valence-electron chi connectivity index (χ3n) is 4.70. The molecule has 1 atom stereocenters. The monoisotopic (exact) mass is 451 g/mol. The van der Waals surface area contributed by atoms with Gasteiger partial charge in [-0.3, -0.25) is 9.59 Å². The summed E-state index contributed by atoms with van der Waals surface area (Å²) in [4.78, 5) is 24.4. The molecule has 1 aliphatic carbocycles. The highest BCUT2D eigenvalue weighted by Gasteiger charge is 2.28. The molecule has 0 spiro atoms. The highest BCUT2D eigenvalue weighted by atomic mass is 32.2. The Morgan fingerprint density at radius 3 is 2.39 bits per heavy atom. The summed E-state index contributed by atoms with van der Waals surface area (Å²) in [6.07, 6.45) is 1.88. The number of nitrogens with one attached hydrogen (secondary N) is 3. The normalized spacial score (nSPS) is 14.6. The lowest BCUT2D eigenvalue weighted by Crippen LogP contribution is -2.49. The summed E-state index contributed by atoms with van der Waals surface area (Å²) < 4.78 is 52.8. The van der Waals surface area contributed by atoms with Gasteiger partial charge in [0.1, 0.15) is 6.04 Å². The standard InChI is InChI=1S/C21H23F2N3O4S/c22-17-9-8-16(13-18(17)23)31(29,30)24-11-10-20(27)26-19(21(28)25-15-6-7-15)12-14-4-2-1-3-5-14/h1-5,8-9,13,15,19,24H,6-7,10-12H2,(H,25,28)(H,26,27). The van der Waals surface area contributed by atoms with Crippen LogP contribution in [-0.2, 0) is 26.0 Å².